The summed E-state index contributed by atoms with van der Waals surface area (Å²) in [4.78, 5) is 0.420. The minimum Gasteiger partial charge on any atom is -0.206 e. The summed E-state index contributed by atoms with van der Waals surface area (Å²) in [5.74, 6) is 0. The number of rotatable bonds is 2. The second-order valence-corrected chi connectivity index (χ2v) is 8.19. The zero-order chi connectivity index (χ0) is 14.9. The number of thiophene rings is 1. The van der Waals surface area contributed by atoms with Crippen molar-refractivity contribution in [3.05, 3.63) is 52.4 Å². The first-order chi connectivity index (χ1) is 10.1. The predicted octanol–water partition coefficient (Wildman–Crippen LogP) is 2.76. The van der Waals surface area contributed by atoms with E-state index < -0.39 is 10.0 Å². The predicted molar refractivity (Wildman–Crippen MR) is 81.4 cm³/mol. The molecule has 2 heterocycles. The van der Waals surface area contributed by atoms with Gasteiger partial charge in [0.25, 0.3) is 10.0 Å². The van der Waals surface area contributed by atoms with E-state index in [2.05, 4.69) is 6.07 Å². The second kappa shape index (κ2) is 5.60. The quantitative estimate of drug-likeness (QED) is 0.855. The van der Waals surface area contributed by atoms with Gasteiger partial charge in [0.05, 0.1) is 0 Å². The molecule has 1 aromatic heterocycles. The van der Waals surface area contributed by atoms with Crippen molar-refractivity contribution in [1.29, 1.82) is 5.26 Å². The molecule has 0 fully saturated rings. The molecule has 108 valence electrons. The Balaban J connectivity index is 1.95. The Labute approximate surface area is 128 Å². The number of nitriles is 1. The normalized spacial score (nSPS) is 16.0. The number of sulfonamides is 1. The van der Waals surface area contributed by atoms with Crippen molar-refractivity contribution in [2.45, 2.75) is 23.6 Å². The van der Waals surface area contributed by atoms with Crippen LogP contribution >= 0.6 is 11.3 Å². The summed E-state index contributed by atoms with van der Waals surface area (Å²) in [6.07, 6.45) is 1.71. The zero-order valence-electron chi connectivity index (χ0n) is 11.3. The van der Waals surface area contributed by atoms with Crippen LogP contribution in [-0.4, -0.2) is 19.3 Å². The molecule has 1 aliphatic heterocycles. The Morgan fingerprint density at radius 1 is 1.14 bits per heavy atom. The van der Waals surface area contributed by atoms with Gasteiger partial charge in [0.1, 0.15) is 15.2 Å². The molecule has 0 radical (unpaired) electrons. The molecular weight excluding hydrogens is 304 g/mol. The molecule has 1 aliphatic rings. The average Bonchev–Trinajstić information content (AvgIpc) is 2.87. The van der Waals surface area contributed by atoms with Crippen LogP contribution in [0.3, 0.4) is 0 Å². The third-order valence-corrected chi connectivity index (χ3v) is 6.91. The van der Waals surface area contributed by atoms with Gasteiger partial charge in [-0.3, -0.25) is 0 Å². The number of benzene rings is 1. The van der Waals surface area contributed by atoms with Gasteiger partial charge in [-0.15, -0.1) is 11.3 Å². The van der Waals surface area contributed by atoms with Gasteiger partial charge in [0.15, 0.2) is 0 Å². The van der Waals surface area contributed by atoms with Crippen LogP contribution in [0.25, 0.3) is 0 Å². The second-order valence-electron chi connectivity index (χ2n) is 4.94. The van der Waals surface area contributed by atoms with Crippen LogP contribution in [0.15, 0.2) is 40.6 Å². The topological polar surface area (TPSA) is 61.2 Å². The summed E-state index contributed by atoms with van der Waals surface area (Å²) in [5.41, 5.74) is 2.29. The molecule has 0 atom stereocenters. The summed E-state index contributed by atoms with van der Waals surface area (Å²) in [6, 6.07) is 13.0. The highest BCUT2D eigenvalue weighted by Crippen LogP contribution is 2.28. The van der Waals surface area contributed by atoms with E-state index in [1.54, 1.807) is 6.07 Å². The van der Waals surface area contributed by atoms with Crippen molar-refractivity contribution in [1.82, 2.24) is 4.31 Å². The highest BCUT2D eigenvalue weighted by molar-refractivity contribution is 7.91. The Kier molecular flexibility index (Phi) is 3.81. The summed E-state index contributed by atoms with van der Waals surface area (Å²) in [5, 5.41) is 8.85. The SMILES string of the molecule is N#Cc1ccc(S(=O)(=O)N2CCCc3ccccc3C2)s1. The van der Waals surface area contributed by atoms with Gasteiger partial charge in [0.2, 0.25) is 0 Å². The maximum absolute atomic E-state index is 12.7. The fraction of sp³-hybridized carbons (Fsp3) is 0.267. The Hall–Kier alpha value is -1.68. The average molecular weight is 318 g/mol. The first-order valence-electron chi connectivity index (χ1n) is 6.68. The van der Waals surface area contributed by atoms with Crippen molar-refractivity contribution in [2.75, 3.05) is 6.54 Å². The number of fused-ring (bicyclic) bond motifs is 1. The number of aryl methyl sites for hydroxylation is 1. The molecular formula is C15H14N2O2S2. The van der Waals surface area contributed by atoms with E-state index in [9.17, 15) is 8.42 Å². The lowest BCUT2D eigenvalue weighted by molar-refractivity contribution is 0.411. The largest absolute Gasteiger partial charge is 0.252 e. The maximum Gasteiger partial charge on any atom is 0.252 e. The van der Waals surface area contributed by atoms with E-state index in [1.807, 2.05) is 24.3 Å². The van der Waals surface area contributed by atoms with E-state index in [-0.39, 0.29) is 4.21 Å². The molecule has 1 aromatic carbocycles. The molecule has 6 heteroatoms. The molecule has 0 spiro atoms. The standard InChI is InChI=1S/C15H14N2O2S2/c16-10-14-7-8-15(20-14)21(18,19)17-9-3-6-12-4-1-2-5-13(12)11-17/h1-2,4-5,7-8H,3,6,9,11H2. The van der Waals surface area contributed by atoms with Gasteiger partial charge in [-0.05, 0) is 36.1 Å². The van der Waals surface area contributed by atoms with Gasteiger partial charge >= 0.3 is 0 Å². The van der Waals surface area contributed by atoms with Gasteiger partial charge in [-0.2, -0.15) is 9.57 Å². The van der Waals surface area contributed by atoms with E-state index in [4.69, 9.17) is 5.26 Å². The Morgan fingerprint density at radius 2 is 1.90 bits per heavy atom. The van der Waals surface area contributed by atoms with Crippen molar-refractivity contribution in [2.24, 2.45) is 0 Å². The Morgan fingerprint density at radius 3 is 2.62 bits per heavy atom. The third kappa shape index (κ3) is 2.72. The van der Waals surface area contributed by atoms with Gasteiger partial charge in [-0.25, -0.2) is 8.42 Å². The molecule has 0 saturated carbocycles. The molecule has 2 aromatic rings. The van der Waals surface area contributed by atoms with E-state index in [1.165, 1.54) is 15.9 Å². The fourth-order valence-corrected chi connectivity index (χ4v) is 5.24. The van der Waals surface area contributed by atoms with Crippen molar-refractivity contribution < 1.29 is 8.42 Å². The fourth-order valence-electron chi connectivity index (χ4n) is 2.52. The van der Waals surface area contributed by atoms with Crippen molar-refractivity contribution in [3.63, 3.8) is 0 Å². The van der Waals surface area contributed by atoms with E-state index in [0.717, 1.165) is 29.7 Å². The lowest BCUT2D eigenvalue weighted by atomic mass is 10.0. The van der Waals surface area contributed by atoms with Crippen LogP contribution in [0.1, 0.15) is 22.4 Å². The zero-order valence-corrected chi connectivity index (χ0v) is 13.0. The number of hydrogen-bond acceptors (Lipinski definition) is 4. The van der Waals surface area contributed by atoms with Gasteiger partial charge < -0.3 is 0 Å². The molecule has 0 bridgehead atoms. The molecule has 0 unspecified atom stereocenters. The number of hydrogen-bond donors (Lipinski definition) is 0. The first kappa shape index (κ1) is 14.3. The van der Waals surface area contributed by atoms with Crippen LogP contribution in [0, 0.1) is 11.3 Å². The molecule has 0 amide bonds. The molecule has 3 rings (SSSR count). The lowest BCUT2D eigenvalue weighted by Crippen LogP contribution is -2.30. The maximum atomic E-state index is 12.7. The van der Waals surface area contributed by atoms with Crippen LogP contribution in [0.4, 0.5) is 0 Å². The van der Waals surface area contributed by atoms with Crippen molar-refractivity contribution >= 4 is 21.4 Å². The molecule has 0 aliphatic carbocycles. The van der Waals surface area contributed by atoms with E-state index in [0.29, 0.717) is 18.0 Å². The van der Waals surface area contributed by atoms with Crippen LogP contribution < -0.4 is 0 Å². The summed E-state index contributed by atoms with van der Waals surface area (Å²) in [6.45, 7) is 0.912. The summed E-state index contributed by atoms with van der Waals surface area (Å²) >= 11 is 1.03. The monoisotopic (exact) mass is 318 g/mol. The Bertz CT molecular complexity index is 803. The highest BCUT2D eigenvalue weighted by Gasteiger charge is 2.28. The molecule has 4 nitrogen and oxygen atoms in total. The minimum absolute atomic E-state index is 0.249. The van der Waals surface area contributed by atoms with Crippen LogP contribution in [0.2, 0.25) is 0 Å². The minimum atomic E-state index is -3.52. The van der Waals surface area contributed by atoms with Crippen LogP contribution in [0.5, 0.6) is 0 Å². The van der Waals surface area contributed by atoms with E-state index >= 15 is 0 Å². The molecule has 0 saturated heterocycles. The highest BCUT2D eigenvalue weighted by atomic mass is 32.2. The number of nitrogens with zero attached hydrogens (tertiary/aromatic N) is 2. The summed E-state index contributed by atoms with van der Waals surface area (Å²) < 4.78 is 27.2. The third-order valence-electron chi connectivity index (χ3n) is 3.60. The van der Waals surface area contributed by atoms with Crippen LogP contribution in [-0.2, 0) is 23.0 Å². The molecule has 0 N–H and O–H groups in total. The van der Waals surface area contributed by atoms with Crippen molar-refractivity contribution in [3.8, 4) is 6.07 Å². The molecule has 21 heavy (non-hydrogen) atoms. The van der Waals surface area contributed by atoms with Gasteiger partial charge in [0, 0.05) is 13.1 Å². The smallest absolute Gasteiger partial charge is 0.206 e. The first-order valence-corrected chi connectivity index (χ1v) is 8.94. The van der Waals surface area contributed by atoms with Gasteiger partial charge in [-0.1, -0.05) is 24.3 Å². The lowest BCUT2D eigenvalue weighted by Gasteiger charge is -2.19. The summed E-state index contributed by atoms with van der Waals surface area (Å²) in [7, 11) is -3.52.